The van der Waals surface area contributed by atoms with Crippen LogP contribution < -0.4 is 8.92 Å². The summed E-state index contributed by atoms with van der Waals surface area (Å²) in [5, 5.41) is 0. The van der Waals surface area contributed by atoms with E-state index in [9.17, 15) is 21.6 Å². The summed E-state index contributed by atoms with van der Waals surface area (Å²) in [6.45, 7) is 17.5. The smallest absolute Gasteiger partial charge is 0.497 e. The van der Waals surface area contributed by atoms with Crippen molar-refractivity contribution in [2.75, 3.05) is 12.9 Å². The SMILES string of the molecule is CC.CC.COc1cc(OS(=O)(=O)C(F)(F)F)cc(SCC2C(C)CCC3C(C)(C)CCCC23C)c1. The molecule has 1 aromatic rings. The van der Waals surface area contributed by atoms with Gasteiger partial charge in [0.1, 0.15) is 11.5 Å². The van der Waals surface area contributed by atoms with E-state index in [1.165, 1.54) is 57.0 Å². The monoisotopic (exact) mass is 554 g/mol. The fourth-order valence-electron chi connectivity index (χ4n) is 6.12. The Kier molecular flexibility index (Phi) is 12.0. The largest absolute Gasteiger partial charge is 0.534 e. The van der Waals surface area contributed by atoms with Gasteiger partial charge in [0.2, 0.25) is 0 Å². The fourth-order valence-corrected chi connectivity index (χ4v) is 8.04. The van der Waals surface area contributed by atoms with Gasteiger partial charge in [-0.05, 0) is 60.0 Å². The molecule has 4 atom stereocenters. The number of ether oxygens (including phenoxy) is 1. The quantitative estimate of drug-likeness (QED) is 0.200. The van der Waals surface area contributed by atoms with Crippen LogP contribution in [0.25, 0.3) is 0 Å². The van der Waals surface area contributed by atoms with Crippen molar-refractivity contribution in [3.8, 4) is 11.5 Å². The van der Waals surface area contributed by atoms with Gasteiger partial charge in [-0.3, -0.25) is 0 Å². The molecule has 0 bridgehead atoms. The van der Waals surface area contributed by atoms with Crippen molar-refractivity contribution in [3.63, 3.8) is 0 Å². The normalized spacial score (nSPS) is 27.4. The molecule has 2 aliphatic rings. The number of rotatable bonds is 6. The van der Waals surface area contributed by atoms with Crippen molar-refractivity contribution in [2.24, 2.45) is 28.6 Å². The van der Waals surface area contributed by atoms with Crippen LogP contribution in [0.5, 0.6) is 11.5 Å². The molecule has 0 spiro atoms. The van der Waals surface area contributed by atoms with Gasteiger partial charge < -0.3 is 8.92 Å². The maximum Gasteiger partial charge on any atom is 0.534 e. The van der Waals surface area contributed by atoms with Gasteiger partial charge in [-0.25, -0.2) is 0 Å². The minimum atomic E-state index is -5.74. The maximum atomic E-state index is 12.7. The summed E-state index contributed by atoms with van der Waals surface area (Å²) in [6, 6.07) is 4.20. The van der Waals surface area contributed by atoms with E-state index < -0.39 is 21.4 Å². The minimum Gasteiger partial charge on any atom is -0.497 e. The molecule has 0 heterocycles. The Morgan fingerprint density at radius 3 is 2.14 bits per heavy atom. The Morgan fingerprint density at radius 1 is 1.00 bits per heavy atom. The lowest BCUT2D eigenvalue weighted by Gasteiger charge is -2.59. The van der Waals surface area contributed by atoms with Crippen molar-refractivity contribution in [3.05, 3.63) is 18.2 Å². The molecule has 0 saturated heterocycles. The Bertz CT molecular complexity index is 931. The summed E-state index contributed by atoms with van der Waals surface area (Å²) < 4.78 is 70.7. The molecule has 36 heavy (non-hydrogen) atoms. The highest BCUT2D eigenvalue weighted by Gasteiger charge is 2.53. The van der Waals surface area contributed by atoms with Gasteiger partial charge >= 0.3 is 15.6 Å². The van der Waals surface area contributed by atoms with Gasteiger partial charge in [0, 0.05) is 16.7 Å². The Balaban J connectivity index is 0.00000154. The van der Waals surface area contributed by atoms with Gasteiger partial charge in [0.05, 0.1) is 7.11 Å². The van der Waals surface area contributed by atoms with Crippen LogP contribution in [-0.4, -0.2) is 26.8 Å². The topological polar surface area (TPSA) is 52.6 Å². The van der Waals surface area contributed by atoms with E-state index in [0.717, 1.165) is 11.8 Å². The van der Waals surface area contributed by atoms with Crippen LogP contribution in [0.2, 0.25) is 0 Å². The van der Waals surface area contributed by atoms with E-state index in [4.69, 9.17) is 4.74 Å². The maximum absolute atomic E-state index is 12.7. The van der Waals surface area contributed by atoms with Crippen molar-refractivity contribution < 1.29 is 30.5 Å². The van der Waals surface area contributed by atoms with Crippen LogP contribution in [0.1, 0.15) is 87.5 Å². The second-order valence-corrected chi connectivity index (χ2v) is 12.8. The number of methoxy groups -OCH3 is 1. The van der Waals surface area contributed by atoms with Crippen LogP contribution in [0.15, 0.2) is 23.1 Å². The third kappa shape index (κ3) is 7.49. The van der Waals surface area contributed by atoms with Crippen LogP contribution in [0, 0.1) is 28.6 Å². The predicted octanol–water partition coefficient (Wildman–Crippen LogP) is 8.95. The number of thioether (sulfide) groups is 1. The van der Waals surface area contributed by atoms with Crippen molar-refractivity contribution in [2.45, 2.75) is 97.9 Å². The molecule has 0 radical (unpaired) electrons. The zero-order chi connectivity index (χ0) is 27.9. The molecule has 2 fully saturated rings. The molecule has 0 N–H and O–H groups in total. The standard InChI is InChI=1S/C23H33F3O4S2.2C2H6/c1-15-7-8-20-21(2,3)9-6-10-22(20,4)19(15)14-31-18-12-16(29-5)11-17(13-18)30-32(27,28)23(24,25)26;2*1-2/h11-13,15,19-20H,6-10,14H2,1-5H3;2*1-2H3. The van der Waals surface area contributed by atoms with Gasteiger partial charge in [-0.2, -0.15) is 21.6 Å². The average molecular weight is 555 g/mol. The van der Waals surface area contributed by atoms with Crippen LogP contribution >= 0.6 is 11.8 Å². The second-order valence-electron chi connectivity index (χ2n) is 10.2. The van der Waals surface area contributed by atoms with E-state index in [-0.39, 0.29) is 11.2 Å². The Labute approximate surface area is 221 Å². The Morgan fingerprint density at radius 2 is 1.58 bits per heavy atom. The summed E-state index contributed by atoms with van der Waals surface area (Å²) in [4.78, 5) is 0.629. The summed E-state index contributed by atoms with van der Waals surface area (Å²) in [7, 11) is -4.36. The zero-order valence-corrected chi connectivity index (χ0v) is 24.9. The highest BCUT2D eigenvalue weighted by Crippen LogP contribution is 2.61. The zero-order valence-electron chi connectivity index (χ0n) is 23.3. The van der Waals surface area contributed by atoms with Crippen LogP contribution in [0.3, 0.4) is 0 Å². The number of benzene rings is 1. The number of hydrogen-bond acceptors (Lipinski definition) is 5. The first kappa shape index (κ1) is 32.9. The summed E-state index contributed by atoms with van der Waals surface area (Å²) in [5.74, 6) is 2.31. The summed E-state index contributed by atoms with van der Waals surface area (Å²) in [6.07, 6.45) is 6.04. The molecule has 210 valence electrons. The Hall–Kier alpha value is -1.09. The molecule has 3 rings (SSSR count). The molecular formula is C27H45F3O4S2. The molecule has 2 aliphatic carbocycles. The molecule has 0 aliphatic heterocycles. The van der Waals surface area contributed by atoms with Gasteiger partial charge in [0.15, 0.2) is 0 Å². The first-order valence-corrected chi connectivity index (χ1v) is 15.4. The van der Waals surface area contributed by atoms with E-state index in [1.807, 2.05) is 27.7 Å². The lowest BCUT2D eigenvalue weighted by atomic mass is 9.47. The second kappa shape index (κ2) is 13.1. The van der Waals surface area contributed by atoms with Crippen LogP contribution in [-0.2, 0) is 10.1 Å². The minimum absolute atomic E-state index is 0.213. The van der Waals surface area contributed by atoms with E-state index in [1.54, 1.807) is 6.07 Å². The van der Waals surface area contributed by atoms with Gasteiger partial charge in [-0.15, -0.1) is 11.8 Å². The van der Waals surface area contributed by atoms with Crippen LogP contribution in [0.4, 0.5) is 13.2 Å². The van der Waals surface area contributed by atoms with Gasteiger partial charge in [0.25, 0.3) is 0 Å². The lowest BCUT2D eigenvalue weighted by molar-refractivity contribution is -0.0850. The molecule has 0 aromatic heterocycles. The van der Waals surface area contributed by atoms with Gasteiger partial charge in [-0.1, -0.05) is 68.2 Å². The predicted molar refractivity (Wildman–Crippen MR) is 143 cm³/mol. The summed E-state index contributed by atoms with van der Waals surface area (Å²) >= 11 is 1.53. The lowest BCUT2D eigenvalue weighted by Crippen LogP contribution is -2.51. The average Bonchev–Trinajstić information content (AvgIpc) is 2.79. The van der Waals surface area contributed by atoms with E-state index in [2.05, 4.69) is 31.9 Å². The molecular weight excluding hydrogens is 509 g/mol. The molecule has 1 aromatic carbocycles. The van der Waals surface area contributed by atoms with Crippen molar-refractivity contribution in [1.29, 1.82) is 0 Å². The molecule has 0 amide bonds. The van der Waals surface area contributed by atoms with E-state index >= 15 is 0 Å². The number of fused-ring (bicyclic) bond motifs is 1. The van der Waals surface area contributed by atoms with E-state index in [0.29, 0.717) is 28.1 Å². The number of alkyl halides is 3. The third-order valence-electron chi connectivity index (χ3n) is 7.73. The third-order valence-corrected chi connectivity index (χ3v) is 9.80. The summed E-state index contributed by atoms with van der Waals surface area (Å²) in [5.41, 5.74) is -4.97. The number of halogens is 3. The molecule has 4 unspecified atom stereocenters. The van der Waals surface area contributed by atoms with Crippen molar-refractivity contribution in [1.82, 2.24) is 0 Å². The first-order chi connectivity index (χ1) is 16.7. The fraction of sp³-hybridized carbons (Fsp3) is 0.778. The highest BCUT2D eigenvalue weighted by atomic mass is 32.2. The molecule has 9 heteroatoms. The highest BCUT2D eigenvalue weighted by molar-refractivity contribution is 7.99. The first-order valence-electron chi connectivity index (χ1n) is 13.0. The number of hydrogen-bond donors (Lipinski definition) is 0. The molecule has 4 nitrogen and oxygen atoms in total. The van der Waals surface area contributed by atoms with Crippen molar-refractivity contribution >= 4 is 21.9 Å². The molecule has 2 saturated carbocycles.